The summed E-state index contributed by atoms with van der Waals surface area (Å²) in [6.45, 7) is 2.85. The molecule has 0 saturated carbocycles. The van der Waals surface area contributed by atoms with Crippen LogP contribution < -0.4 is 0 Å². The Bertz CT molecular complexity index is 1700. The van der Waals surface area contributed by atoms with E-state index in [0.717, 1.165) is 38.6 Å². The monoisotopic (exact) mass is 654 g/mol. The summed E-state index contributed by atoms with van der Waals surface area (Å²) < 4.78 is 12.3. The molecule has 0 aliphatic carbocycles. The van der Waals surface area contributed by atoms with E-state index in [4.69, 9.17) is 13.9 Å². The van der Waals surface area contributed by atoms with E-state index in [2.05, 4.69) is 16.0 Å². The van der Waals surface area contributed by atoms with Crippen LogP contribution in [0.25, 0.3) is 55.6 Å². The number of benzene rings is 2. The number of nitrogens with zero attached hydrogens (tertiary/aromatic N) is 2. The molecule has 4 heterocycles. The summed E-state index contributed by atoms with van der Waals surface area (Å²) in [5.74, 6) is 0.746. The Morgan fingerprint density at radius 3 is 2.44 bits per heavy atom. The van der Waals surface area contributed by atoms with Crippen LogP contribution in [0.2, 0.25) is 0 Å². The van der Waals surface area contributed by atoms with Crippen molar-refractivity contribution in [2.24, 2.45) is 0 Å². The molecule has 6 rings (SSSR count). The van der Waals surface area contributed by atoms with Crippen LogP contribution in [0.1, 0.15) is 13.8 Å². The number of aromatic nitrogens is 2. The minimum Gasteiger partial charge on any atom is -0.512 e. The molecule has 2 aromatic carbocycles. The largest absolute Gasteiger partial charge is 0.512 e. The van der Waals surface area contributed by atoms with Crippen molar-refractivity contribution in [3.63, 3.8) is 0 Å². The number of aliphatic hydroxyl groups is 1. The summed E-state index contributed by atoms with van der Waals surface area (Å²) in [5, 5.41) is 11.3. The van der Waals surface area contributed by atoms with Gasteiger partial charge in [0.15, 0.2) is 5.78 Å². The predicted molar refractivity (Wildman–Crippen MR) is 136 cm³/mol. The number of allylic oxidation sites excluding steroid dienone is 2. The van der Waals surface area contributed by atoms with Gasteiger partial charge in [-0.15, -0.1) is 18.2 Å². The number of hydrogen-bond acceptors (Lipinski definition) is 6. The second-order valence-electron chi connectivity index (χ2n) is 8.00. The summed E-state index contributed by atoms with van der Waals surface area (Å²) in [7, 11) is 0. The van der Waals surface area contributed by atoms with Crippen molar-refractivity contribution in [2.45, 2.75) is 13.8 Å². The number of furan rings is 2. The Kier molecular flexibility index (Phi) is 7.44. The molecule has 36 heavy (non-hydrogen) atoms. The van der Waals surface area contributed by atoms with Crippen molar-refractivity contribution in [3.05, 3.63) is 97.0 Å². The quantitative estimate of drug-likeness (QED) is 0.123. The summed E-state index contributed by atoms with van der Waals surface area (Å²) in [4.78, 5) is 19.0. The molecule has 6 nitrogen and oxygen atoms in total. The van der Waals surface area contributed by atoms with Crippen LogP contribution >= 0.6 is 0 Å². The van der Waals surface area contributed by atoms with Gasteiger partial charge in [0, 0.05) is 60.6 Å². The molecule has 0 amide bonds. The molecule has 0 atom stereocenters. The van der Waals surface area contributed by atoms with Crippen molar-refractivity contribution < 1.29 is 38.8 Å². The fourth-order valence-corrected chi connectivity index (χ4v) is 3.93. The van der Waals surface area contributed by atoms with Crippen molar-refractivity contribution in [1.29, 1.82) is 0 Å². The van der Waals surface area contributed by atoms with Crippen LogP contribution in [0.3, 0.4) is 0 Å². The van der Waals surface area contributed by atoms with E-state index in [1.54, 1.807) is 12.4 Å². The molecule has 0 spiro atoms. The van der Waals surface area contributed by atoms with Gasteiger partial charge in [0.2, 0.25) is 5.71 Å². The Balaban J connectivity index is 0.000000338. The third-order valence-corrected chi connectivity index (χ3v) is 5.35. The van der Waals surface area contributed by atoms with Gasteiger partial charge in [0.05, 0.1) is 11.3 Å². The van der Waals surface area contributed by atoms with E-state index in [-0.39, 0.29) is 31.6 Å². The third-order valence-electron chi connectivity index (χ3n) is 5.35. The van der Waals surface area contributed by atoms with Gasteiger partial charge in [0.25, 0.3) is 0 Å². The summed E-state index contributed by atoms with van der Waals surface area (Å²) in [6.07, 6.45) is 4.68. The van der Waals surface area contributed by atoms with Crippen molar-refractivity contribution >= 4 is 38.8 Å². The molecule has 181 valence electrons. The van der Waals surface area contributed by atoms with E-state index in [9.17, 15) is 4.79 Å². The maximum atomic E-state index is 10.0. The number of aliphatic hydroxyl groups excluding tert-OH is 1. The minimum atomic E-state index is -0.125. The van der Waals surface area contributed by atoms with Crippen molar-refractivity contribution in [3.8, 4) is 22.6 Å². The van der Waals surface area contributed by atoms with Gasteiger partial charge < -0.3 is 18.9 Å². The minimum absolute atomic E-state index is 0. The summed E-state index contributed by atoms with van der Waals surface area (Å²) in [6, 6.07) is 25.1. The summed E-state index contributed by atoms with van der Waals surface area (Å²) in [5.41, 5.74) is 4.56. The predicted octanol–water partition coefficient (Wildman–Crippen LogP) is 7.29. The topological polar surface area (TPSA) is 89.4 Å². The third kappa shape index (κ3) is 4.98. The van der Waals surface area contributed by atoms with Crippen LogP contribution in [0.4, 0.5) is 0 Å². The molecule has 1 N–H and O–H groups in total. The molecule has 7 heteroatoms. The molecular weight excluding hydrogens is 633 g/mol. The van der Waals surface area contributed by atoms with Gasteiger partial charge in [0.1, 0.15) is 11.3 Å². The van der Waals surface area contributed by atoms with Crippen LogP contribution in [-0.4, -0.2) is 20.9 Å². The number of rotatable bonds is 3. The number of hydrogen-bond donors (Lipinski definition) is 1. The van der Waals surface area contributed by atoms with Crippen molar-refractivity contribution in [2.75, 3.05) is 0 Å². The van der Waals surface area contributed by atoms with E-state index >= 15 is 0 Å². The average Bonchev–Trinajstić information content (AvgIpc) is 3.46. The molecule has 4 aromatic heterocycles. The molecule has 6 aromatic rings. The fourth-order valence-electron chi connectivity index (χ4n) is 3.93. The maximum Gasteiger partial charge on any atom is 0.216 e. The van der Waals surface area contributed by atoms with Crippen LogP contribution in [0.5, 0.6) is 0 Å². The van der Waals surface area contributed by atoms with Gasteiger partial charge in [-0.3, -0.25) is 4.79 Å². The fraction of sp³-hybridized carbons (Fsp3) is 0.0690. The zero-order chi connectivity index (χ0) is 24.4. The van der Waals surface area contributed by atoms with Crippen LogP contribution in [-0.2, 0) is 24.9 Å². The first kappa shape index (κ1) is 25.0. The molecule has 0 unspecified atom stereocenters. The molecule has 0 aliphatic heterocycles. The standard InChI is InChI=1S/C24H13N2O2.C5H8O2.Ir/c1-2-6-15(7-3-1)20-14-16-11-13-25-21(22(16)27-20)19-9-4-8-17-18-10-5-12-26-24(18)28-23(17)19;1-4(6)3-5(2)7;/h1-8,10-14H;3,6H,1-2H3;/q-1;;/b;4-3-;. The first-order chi connectivity index (χ1) is 17.0. The van der Waals surface area contributed by atoms with E-state index in [1.807, 2.05) is 66.7 Å². The van der Waals surface area contributed by atoms with Gasteiger partial charge >= 0.3 is 0 Å². The average molecular weight is 654 g/mol. The zero-order valence-corrected chi connectivity index (χ0v) is 21.9. The maximum absolute atomic E-state index is 10.0. The number of carbonyl (C=O) groups is 1. The Morgan fingerprint density at radius 1 is 0.917 bits per heavy atom. The second-order valence-corrected chi connectivity index (χ2v) is 8.00. The molecular formula is C29H21IrN2O4-. The number of carbonyl (C=O) groups excluding carboxylic acids is 1. The zero-order valence-electron chi connectivity index (χ0n) is 19.5. The number of fused-ring (bicyclic) bond motifs is 4. The van der Waals surface area contributed by atoms with E-state index < -0.39 is 0 Å². The Hall–Kier alpha value is -4.06. The SMILES string of the molecule is CC(=O)/C=C(/C)O.[Ir].[c-]1ccc2c(oc3ncccc32)c1-c1nccc2cc(-c3ccccc3)oc12. The molecule has 0 bridgehead atoms. The molecule has 1 radical (unpaired) electrons. The molecule has 0 fully saturated rings. The van der Waals surface area contributed by atoms with Gasteiger partial charge in [-0.25, -0.2) is 4.98 Å². The number of pyridine rings is 2. The Morgan fingerprint density at radius 2 is 1.72 bits per heavy atom. The van der Waals surface area contributed by atoms with Crippen LogP contribution in [0.15, 0.2) is 99.8 Å². The van der Waals surface area contributed by atoms with Gasteiger partial charge in [-0.05, 0) is 38.1 Å². The van der Waals surface area contributed by atoms with Gasteiger partial charge in [-0.1, -0.05) is 41.3 Å². The number of ketones is 1. The van der Waals surface area contributed by atoms with Gasteiger partial charge in [-0.2, -0.15) is 0 Å². The molecule has 0 saturated heterocycles. The van der Waals surface area contributed by atoms with Crippen molar-refractivity contribution in [1.82, 2.24) is 9.97 Å². The normalized spacial score (nSPS) is 11.2. The second kappa shape index (κ2) is 10.7. The van der Waals surface area contributed by atoms with E-state index in [0.29, 0.717) is 17.0 Å². The first-order valence-electron chi connectivity index (χ1n) is 11.0. The summed E-state index contributed by atoms with van der Waals surface area (Å²) >= 11 is 0. The van der Waals surface area contributed by atoms with E-state index in [1.165, 1.54) is 19.9 Å². The van der Waals surface area contributed by atoms with Crippen LogP contribution in [0, 0.1) is 6.07 Å². The molecule has 0 aliphatic rings. The first-order valence-corrected chi connectivity index (χ1v) is 11.0. The smallest absolute Gasteiger partial charge is 0.216 e. The Labute approximate surface area is 220 Å².